The Labute approximate surface area is 115 Å². The van der Waals surface area contributed by atoms with Crippen LogP contribution >= 0.6 is 34.8 Å². The molecular formula is C11H11Cl3O3. The second-order valence-electron chi connectivity index (χ2n) is 3.21. The Kier molecular flexibility index (Phi) is 5.37. The molecule has 0 unspecified atom stereocenters. The summed E-state index contributed by atoms with van der Waals surface area (Å²) in [6.07, 6.45) is -0.760. The van der Waals surface area contributed by atoms with Gasteiger partial charge < -0.3 is 9.47 Å². The highest BCUT2D eigenvalue weighted by atomic mass is 35.5. The Hall–Kier alpha value is -0.640. The number of hydrogen-bond donors (Lipinski definition) is 0. The Morgan fingerprint density at radius 2 is 1.82 bits per heavy atom. The molecule has 1 aromatic carbocycles. The monoisotopic (exact) mass is 296 g/mol. The molecular weight excluding hydrogens is 286 g/mol. The number of halogens is 3. The van der Waals surface area contributed by atoms with E-state index >= 15 is 0 Å². The molecule has 3 nitrogen and oxygen atoms in total. The van der Waals surface area contributed by atoms with Crippen molar-refractivity contribution < 1.29 is 14.3 Å². The van der Waals surface area contributed by atoms with Crippen molar-refractivity contribution >= 4 is 40.8 Å². The van der Waals surface area contributed by atoms with E-state index in [1.54, 1.807) is 13.8 Å². The van der Waals surface area contributed by atoms with Gasteiger partial charge in [0.15, 0.2) is 6.10 Å². The first-order valence-electron chi connectivity index (χ1n) is 4.93. The summed E-state index contributed by atoms with van der Waals surface area (Å²) < 4.78 is 10.1. The second-order valence-corrected chi connectivity index (χ2v) is 4.43. The molecule has 0 radical (unpaired) electrons. The van der Waals surface area contributed by atoms with E-state index in [1.165, 1.54) is 12.1 Å². The van der Waals surface area contributed by atoms with E-state index in [1.807, 2.05) is 0 Å². The third-order valence-corrected chi connectivity index (χ3v) is 2.91. The minimum absolute atomic E-state index is 0.288. The van der Waals surface area contributed by atoms with Gasteiger partial charge in [-0.2, -0.15) is 0 Å². The lowest BCUT2D eigenvalue weighted by molar-refractivity contribution is -0.150. The first kappa shape index (κ1) is 14.4. The van der Waals surface area contributed by atoms with Crippen molar-refractivity contribution in [1.82, 2.24) is 0 Å². The van der Waals surface area contributed by atoms with Crippen LogP contribution in [0, 0.1) is 0 Å². The SMILES string of the molecule is CCOC(=O)[C@H](C)Oc1cc(Cl)c(Cl)cc1Cl. The van der Waals surface area contributed by atoms with Crippen LogP contribution in [0.15, 0.2) is 12.1 Å². The molecule has 0 fully saturated rings. The molecule has 0 heterocycles. The van der Waals surface area contributed by atoms with Crippen LogP contribution < -0.4 is 4.74 Å². The van der Waals surface area contributed by atoms with Crippen LogP contribution in [0.3, 0.4) is 0 Å². The van der Waals surface area contributed by atoms with Crippen LogP contribution in [-0.2, 0) is 9.53 Å². The van der Waals surface area contributed by atoms with Gasteiger partial charge in [-0.05, 0) is 19.9 Å². The first-order valence-corrected chi connectivity index (χ1v) is 6.07. The van der Waals surface area contributed by atoms with E-state index in [0.717, 1.165) is 0 Å². The molecule has 1 atom stereocenters. The third-order valence-electron chi connectivity index (χ3n) is 1.90. The Morgan fingerprint density at radius 1 is 1.24 bits per heavy atom. The number of rotatable bonds is 4. The molecule has 0 aliphatic heterocycles. The molecule has 0 amide bonds. The molecule has 94 valence electrons. The summed E-state index contributed by atoms with van der Waals surface area (Å²) in [6, 6.07) is 2.92. The van der Waals surface area contributed by atoms with Gasteiger partial charge in [0.05, 0.1) is 21.7 Å². The lowest BCUT2D eigenvalue weighted by Gasteiger charge is -2.14. The second kappa shape index (κ2) is 6.34. The average Bonchev–Trinajstić information content (AvgIpc) is 2.26. The highest BCUT2D eigenvalue weighted by Gasteiger charge is 2.18. The van der Waals surface area contributed by atoms with E-state index in [9.17, 15) is 4.79 Å². The van der Waals surface area contributed by atoms with Gasteiger partial charge >= 0.3 is 5.97 Å². The molecule has 0 N–H and O–H groups in total. The smallest absolute Gasteiger partial charge is 0.347 e. The first-order chi connectivity index (χ1) is 7.95. The molecule has 17 heavy (non-hydrogen) atoms. The maximum atomic E-state index is 11.4. The highest BCUT2D eigenvalue weighted by molar-refractivity contribution is 6.43. The summed E-state index contributed by atoms with van der Waals surface area (Å²) >= 11 is 17.5. The van der Waals surface area contributed by atoms with Crippen molar-refractivity contribution in [3.8, 4) is 5.75 Å². The summed E-state index contributed by atoms with van der Waals surface area (Å²) in [5.41, 5.74) is 0. The maximum Gasteiger partial charge on any atom is 0.347 e. The lowest BCUT2D eigenvalue weighted by Crippen LogP contribution is -2.26. The van der Waals surface area contributed by atoms with E-state index in [4.69, 9.17) is 44.3 Å². The predicted molar refractivity (Wildman–Crippen MR) is 68.2 cm³/mol. The van der Waals surface area contributed by atoms with Gasteiger partial charge in [-0.3, -0.25) is 0 Å². The van der Waals surface area contributed by atoms with Gasteiger partial charge in [0.1, 0.15) is 5.75 Å². The summed E-state index contributed by atoms with van der Waals surface area (Å²) in [4.78, 5) is 11.4. The van der Waals surface area contributed by atoms with Crippen LogP contribution in [0.4, 0.5) is 0 Å². The molecule has 6 heteroatoms. The van der Waals surface area contributed by atoms with Crippen LogP contribution in [0.25, 0.3) is 0 Å². The molecule has 0 aliphatic carbocycles. The standard InChI is InChI=1S/C11H11Cl3O3/c1-3-16-11(15)6(2)17-10-5-8(13)7(12)4-9(10)14/h4-6H,3H2,1-2H3/t6-/m0/s1. The van der Waals surface area contributed by atoms with Crippen molar-refractivity contribution in [1.29, 1.82) is 0 Å². The topological polar surface area (TPSA) is 35.5 Å². The van der Waals surface area contributed by atoms with Crippen LogP contribution in [0.2, 0.25) is 15.1 Å². The molecule has 1 aromatic rings. The summed E-state index contributed by atoms with van der Waals surface area (Å²) in [5, 5.41) is 0.922. The average molecular weight is 298 g/mol. The highest BCUT2D eigenvalue weighted by Crippen LogP contribution is 2.34. The summed E-state index contributed by atoms with van der Waals surface area (Å²) in [6.45, 7) is 3.58. The number of benzene rings is 1. The van der Waals surface area contributed by atoms with Crippen molar-refractivity contribution in [2.24, 2.45) is 0 Å². The number of esters is 1. The fraction of sp³-hybridized carbons (Fsp3) is 0.364. The summed E-state index contributed by atoms with van der Waals surface area (Å²) in [5.74, 6) is -0.170. The summed E-state index contributed by atoms with van der Waals surface area (Å²) in [7, 11) is 0. The number of ether oxygens (including phenoxy) is 2. The maximum absolute atomic E-state index is 11.4. The van der Waals surface area contributed by atoms with Crippen LogP contribution in [-0.4, -0.2) is 18.7 Å². The van der Waals surface area contributed by atoms with Crippen molar-refractivity contribution in [2.75, 3.05) is 6.61 Å². The molecule has 0 bridgehead atoms. The molecule has 1 rings (SSSR count). The minimum Gasteiger partial charge on any atom is -0.477 e. The Bertz CT molecular complexity index is 421. The molecule has 0 saturated carbocycles. The Morgan fingerprint density at radius 3 is 2.41 bits per heavy atom. The molecule has 0 aliphatic rings. The van der Waals surface area contributed by atoms with Gasteiger partial charge in [0, 0.05) is 6.07 Å². The predicted octanol–water partition coefficient (Wildman–Crippen LogP) is 3.98. The van der Waals surface area contributed by atoms with E-state index in [0.29, 0.717) is 22.4 Å². The van der Waals surface area contributed by atoms with Crippen molar-refractivity contribution in [3.05, 3.63) is 27.2 Å². The van der Waals surface area contributed by atoms with Gasteiger partial charge in [-0.1, -0.05) is 34.8 Å². The fourth-order valence-corrected chi connectivity index (χ4v) is 1.67. The molecule has 0 aromatic heterocycles. The number of carbonyl (C=O) groups is 1. The quantitative estimate of drug-likeness (QED) is 0.623. The normalized spacial score (nSPS) is 12.1. The fourth-order valence-electron chi connectivity index (χ4n) is 1.09. The van der Waals surface area contributed by atoms with Crippen molar-refractivity contribution in [3.63, 3.8) is 0 Å². The molecule has 0 spiro atoms. The minimum atomic E-state index is -0.760. The Balaban J connectivity index is 2.81. The third kappa shape index (κ3) is 3.95. The zero-order valence-electron chi connectivity index (χ0n) is 9.30. The number of carbonyl (C=O) groups excluding carboxylic acids is 1. The van der Waals surface area contributed by atoms with E-state index in [2.05, 4.69) is 0 Å². The lowest BCUT2D eigenvalue weighted by atomic mass is 10.3. The zero-order valence-corrected chi connectivity index (χ0v) is 11.6. The van der Waals surface area contributed by atoms with E-state index < -0.39 is 12.1 Å². The van der Waals surface area contributed by atoms with Crippen LogP contribution in [0.5, 0.6) is 5.75 Å². The zero-order chi connectivity index (χ0) is 13.0. The van der Waals surface area contributed by atoms with Gasteiger partial charge in [0.25, 0.3) is 0 Å². The van der Waals surface area contributed by atoms with Gasteiger partial charge in [0.2, 0.25) is 0 Å². The van der Waals surface area contributed by atoms with Crippen LogP contribution in [0.1, 0.15) is 13.8 Å². The van der Waals surface area contributed by atoms with Crippen molar-refractivity contribution in [2.45, 2.75) is 20.0 Å². The number of hydrogen-bond acceptors (Lipinski definition) is 3. The van der Waals surface area contributed by atoms with Gasteiger partial charge in [-0.25, -0.2) is 4.79 Å². The van der Waals surface area contributed by atoms with Gasteiger partial charge in [-0.15, -0.1) is 0 Å². The largest absolute Gasteiger partial charge is 0.477 e. The molecule has 0 saturated heterocycles. The van der Waals surface area contributed by atoms with E-state index in [-0.39, 0.29) is 5.02 Å².